The molecule has 1 aliphatic carbocycles. The number of allylic oxidation sites excluding steroid dienone is 1. The third-order valence-electron chi connectivity index (χ3n) is 6.69. The molecule has 0 N–H and O–H groups in total. The third-order valence-corrected chi connectivity index (χ3v) is 6.69. The lowest BCUT2D eigenvalue weighted by atomic mass is 9.76. The average Bonchev–Trinajstić information content (AvgIpc) is 2.86. The summed E-state index contributed by atoms with van der Waals surface area (Å²) in [4.78, 5) is 4.56. The highest BCUT2D eigenvalue weighted by Gasteiger charge is 2.27. The van der Waals surface area contributed by atoms with Crippen LogP contribution in [-0.2, 0) is 6.42 Å². The van der Waals surface area contributed by atoms with Crippen LogP contribution in [0.4, 0.5) is 8.78 Å². The summed E-state index contributed by atoms with van der Waals surface area (Å²) in [6.07, 6.45) is 9.34. The molecule has 0 unspecified atom stereocenters. The topological polar surface area (TPSA) is 22.1 Å². The molecule has 3 aromatic rings. The van der Waals surface area contributed by atoms with Crippen molar-refractivity contribution in [3.63, 3.8) is 0 Å². The highest BCUT2D eigenvalue weighted by molar-refractivity contribution is 5.62. The molecule has 2 nitrogen and oxygen atoms in total. The van der Waals surface area contributed by atoms with Gasteiger partial charge in [-0.15, -0.1) is 6.58 Å². The molecule has 0 atom stereocenters. The molecule has 1 fully saturated rings. The smallest absolute Gasteiger partial charge is 0.200 e. The van der Waals surface area contributed by atoms with Gasteiger partial charge in [-0.25, -0.2) is 4.39 Å². The van der Waals surface area contributed by atoms with Gasteiger partial charge in [0, 0.05) is 17.5 Å². The molecule has 0 radical (unpaired) electrons. The van der Waals surface area contributed by atoms with E-state index in [0.29, 0.717) is 18.1 Å². The maximum Gasteiger partial charge on any atom is 0.200 e. The van der Waals surface area contributed by atoms with Gasteiger partial charge in [0.05, 0.1) is 6.61 Å². The Morgan fingerprint density at radius 2 is 1.61 bits per heavy atom. The Balaban J connectivity index is 1.38. The number of benzene rings is 2. The molecule has 2 aromatic carbocycles. The van der Waals surface area contributed by atoms with Crippen LogP contribution in [0.5, 0.6) is 5.75 Å². The van der Waals surface area contributed by atoms with Gasteiger partial charge in [0.15, 0.2) is 11.6 Å². The lowest BCUT2D eigenvalue weighted by Crippen LogP contribution is -2.14. The second kappa shape index (κ2) is 10.7. The van der Waals surface area contributed by atoms with Crippen LogP contribution in [0, 0.1) is 11.6 Å². The number of rotatable bonds is 8. The number of ether oxygens (including phenoxy) is 1. The van der Waals surface area contributed by atoms with E-state index in [0.717, 1.165) is 55.3 Å². The molecule has 0 saturated heterocycles. The van der Waals surface area contributed by atoms with Crippen molar-refractivity contribution in [1.29, 1.82) is 0 Å². The van der Waals surface area contributed by atoms with E-state index < -0.39 is 11.6 Å². The lowest BCUT2D eigenvalue weighted by molar-refractivity contribution is 0.310. The van der Waals surface area contributed by atoms with Crippen molar-refractivity contribution in [1.82, 2.24) is 4.98 Å². The van der Waals surface area contributed by atoms with Crippen LogP contribution in [0.2, 0.25) is 0 Å². The summed E-state index contributed by atoms with van der Waals surface area (Å²) in [6, 6.07) is 16.2. The molecule has 1 saturated carbocycles. The number of hydrogen-bond donors (Lipinski definition) is 0. The molecule has 1 heterocycles. The van der Waals surface area contributed by atoms with Crippen LogP contribution in [0.25, 0.3) is 11.1 Å². The van der Waals surface area contributed by atoms with Crippen molar-refractivity contribution in [2.75, 3.05) is 6.61 Å². The molecule has 0 spiro atoms. The molecule has 4 heteroatoms. The maximum absolute atomic E-state index is 14.6. The van der Waals surface area contributed by atoms with E-state index >= 15 is 0 Å². The average molecular weight is 448 g/mol. The van der Waals surface area contributed by atoms with Crippen LogP contribution in [0.15, 0.2) is 67.4 Å². The van der Waals surface area contributed by atoms with E-state index in [2.05, 4.69) is 48.0 Å². The Morgan fingerprint density at radius 1 is 0.909 bits per heavy atom. The van der Waals surface area contributed by atoms with Crippen LogP contribution in [0.1, 0.15) is 67.7 Å². The van der Waals surface area contributed by atoms with E-state index in [4.69, 9.17) is 4.74 Å². The second-order valence-electron chi connectivity index (χ2n) is 8.75. The second-order valence-corrected chi connectivity index (χ2v) is 8.75. The molecule has 172 valence electrons. The largest absolute Gasteiger partial charge is 0.491 e. The highest BCUT2D eigenvalue weighted by Crippen LogP contribution is 2.42. The first-order valence-corrected chi connectivity index (χ1v) is 11.9. The Kier molecular flexibility index (Phi) is 7.54. The summed E-state index contributed by atoms with van der Waals surface area (Å²) < 4.78 is 34.1. The number of halogens is 2. The van der Waals surface area contributed by atoms with Gasteiger partial charge in [-0.3, -0.25) is 4.98 Å². The summed E-state index contributed by atoms with van der Waals surface area (Å²) >= 11 is 0. The first-order chi connectivity index (χ1) is 16.1. The zero-order valence-electron chi connectivity index (χ0n) is 19.2. The van der Waals surface area contributed by atoms with Crippen LogP contribution >= 0.6 is 0 Å². The minimum atomic E-state index is -0.865. The summed E-state index contributed by atoms with van der Waals surface area (Å²) in [5.41, 5.74) is 5.14. The van der Waals surface area contributed by atoms with Gasteiger partial charge in [-0.1, -0.05) is 42.5 Å². The summed E-state index contributed by atoms with van der Waals surface area (Å²) in [5.74, 6) is -1.12. The van der Waals surface area contributed by atoms with Gasteiger partial charge in [0.25, 0.3) is 0 Å². The number of aromatic nitrogens is 1. The zero-order chi connectivity index (χ0) is 23.2. The number of hydrogen-bond acceptors (Lipinski definition) is 2. The quantitative estimate of drug-likeness (QED) is 0.327. The first-order valence-electron chi connectivity index (χ1n) is 11.9. The summed E-state index contributed by atoms with van der Waals surface area (Å²) in [5, 5.41) is 0. The Bertz CT molecular complexity index is 1070. The fourth-order valence-electron chi connectivity index (χ4n) is 4.81. The van der Waals surface area contributed by atoms with Gasteiger partial charge in [-0.2, -0.15) is 4.39 Å². The SMILES string of the molecule is C=CCCc1ccc(-c2ccc(C3CCC(c4ccc(OCC)c(F)c4F)CC3)cc2)cn1. The van der Waals surface area contributed by atoms with Crippen LogP contribution in [0.3, 0.4) is 0 Å². The predicted molar refractivity (Wildman–Crippen MR) is 130 cm³/mol. The maximum atomic E-state index is 14.6. The molecular formula is C29H31F2NO. The molecule has 33 heavy (non-hydrogen) atoms. The monoisotopic (exact) mass is 447 g/mol. The third kappa shape index (κ3) is 5.32. The van der Waals surface area contributed by atoms with E-state index in [1.807, 2.05) is 12.3 Å². The van der Waals surface area contributed by atoms with Crippen molar-refractivity contribution in [2.45, 2.75) is 57.3 Å². The number of pyridine rings is 1. The van der Waals surface area contributed by atoms with Gasteiger partial charge in [0.1, 0.15) is 0 Å². The van der Waals surface area contributed by atoms with E-state index in [1.165, 1.54) is 5.56 Å². The molecule has 0 bridgehead atoms. The Hall–Kier alpha value is -3.01. The molecule has 1 aliphatic rings. The lowest BCUT2D eigenvalue weighted by Gasteiger charge is -2.29. The van der Waals surface area contributed by atoms with Gasteiger partial charge in [0.2, 0.25) is 5.82 Å². The van der Waals surface area contributed by atoms with E-state index in [-0.39, 0.29) is 11.7 Å². The van der Waals surface area contributed by atoms with Crippen LogP contribution < -0.4 is 4.74 Å². The highest BCUT2D eigenvalue weighted by atomic mass is 19.2. The minimum Gasteiger partial charge on any atom is -0.491 e. The summed E-state index contributed by atoms with van der Waals surface area (Å²) in [7, 11) is 0. The minimum absolute atomic E-state index is 0.00544. The molecular weight excluding hydrogens is 416 g/mol. The zero-order valence-corrected chi connectivity index (χ0v) is 19.2. The number of nitrogens with zero attached hydrogens (tertiary/aromatic N) is 1. The summed E-state index contributed by atoms with van der Waals surface area (Å²) in [6.45, 7) is 5.84. The van der Waals surface area contributed by atoms with Crippen molar-refractivity contribution < 1.29 is 13.5 Å². The standard InChI is InChI=1S/C29H31F2NO/c1-3-5-6-25-16-15-24(19-32-25)22-9-7-20(8-10-22)21-11-13-23(14-12-21)26-17-18-27(33-4-2)29(31)28(26)30/h3,7-10,15-19,21,23H,1,4-6,11-14H2,2H3. The number of aryl methyl sites for hydroxylation is 1. The Labute approximate surface area is 195 Å². The fraction of sp³-hybridized carbons (Fsp3) is 0.345. The fourth-order valence-corrected chi connectivity index (χ4v) is 4.81. The first kappa shape index (κ1) is 23.2. The normalized spacial score (nSPS) is 18.2. The van der Waals surface area contributed by atoms with Crippen LogP contribution in [-0.4, -0.2) is 11.6 Å². The molecule has 4 rings (SSSR count). The van der Waals surface area contributed by atoms with Crippen molar-refractivity contribution in [3.8, 4) is 16.9 Å². The van der Waals surface area contributed by atoms with Crippen molar-refractivity contribution >= 4 is 0 Å². The molecule has 1 aromatic heterocycles. The van der Waals surface area contributed by atoms with Gasteiger partial charge in [-0.05, 0) is 86.1 Å². The van der Waals surface area contributed by atoms with E-state index in [1.54, 1.807) is 19.1 Å². The van der Waals surface area contributed by atoms with Gasteiger partial charge < -0.3 is 4.74 Å². The van der Waals surface area contributed by atoms with Crippen molar-refractivity contribution in [3.05, 3.63) is 95.8 Å². The van der Waals surface area contributed by atoms with E-state index in [9.17, 15) is 8.78 Å². The molecule has 0 amide bonds. The molecule has 0 aliphatic heterocycles. The predicted octanol–water partition coefficient (Wildman–Crippen LogP) is 7.99. The van der Waals surface area contributed by atoms with Crippen molar-refractivity contribution in [2.24, 2.45) is 0 Å². The van der Waals surface area contributed by atoms with Gasteiger partial charge >= 0.3 is 0 Å². The Morgan fingerprint density at radius 3 is 2.24 bits per heavy atom.